The number of furan rings is 1. The van der Waals surface area contributed by atoms with E-state index in [2.05, 4.69) is 10.3 Å². The lowest BCUT2D eigenvalue weighted by molar-refractivity contribution is -0.525. The van der Waals surface area contributed by atoms with Gasteiger partial charge in [0.2, 0.25) is 0 Å². The maximum atomic E-state index is 11.8. The van der Waals surface area contributed by atoms with Crippen molar-refractivity contribution in [3.05, 3.63) is 49.4 Å². The Labute approximate surface area is 123 Å². The number of hydrazine groups is 1. The van der Waals surface area contributed by atoms with E-state index in [4.69, 9.17) is 4.42 Å². The summed E-state index contributed by atoms with van der Waals surface area (Å²) in [6.45, 7) is 2.84. The summed E-state index contributed by atoms with van der Waals surface area (Å²) in [4.78, 5) is 36.2. The molecule has 0 aliphatic carbocycles. The summed E-state index contributed by atoms with van der Waals surface area (Å²) in [6, 6.07) is 1.42. The van der Waals surface area contributed by atoms with Crippen LogP contribution in [0.5, 0.6) is 0 Å². The highest BCUT2D eigenvalue weighted by atomic mass is 16.7. The van der Waals surface area contributed by atoms with Crippen molar-refractivity contribution in [1.82, 2.24) is 10.7 Å². The third-order valence-corrected chi connectivity index (χ3v) is 2.88. The Hall–Kier alpha value is -3.24. The Bertz CT molecular complexity index is 718. The largest absolute Gasteiger partial charge is 0.433 e. The van der Waals surface area contributed by atoms with Crippen LogP contribution in [0.15, 0.2) is 32.8 Å². The summed E-state index contributed by atoms with van der Waals surface area (Å²) in [7, 11) is 0. The number of nitrogens with one attached hydrogen (secondary N) is 2. The molecule has 11 heteroatoms. The molecule has 116 valence electrons. The van der Waals surface area contributed by atoms with Crippen molar-refractivity contribution >= 4 is 17.6 Å². The zero-order valence-corrected chi connectivity index (χ0v) is 11.5. The summed E-state index contributed by atoms with van der Waals surface area (Å²) >= 11 is 0. The van der Waals surface area contributed by atoms with Gasteiger partial charge < -0.3 is 9.73 Å². The number of carbonyl (C=O) groups excluding carboxylic acids is 1. The van der Waals surface area contributed by atoms with Crippen molar-refractivity contribution in [2.75, 3.05) is 0 Å². The molecule has 22 heavy (non-hydrogen) atoms. The number of allylic oxidation sites excluding steroid dienone is 1. The Kier molecular flexibility index (Phi) is 3.88. The summed E-state index contributed by atoms with van der Waals surface area (Å²) in [5.74, 6) is -0.997. The molecule has 11 nitrogen and oxygen atoms in total. The first-order valence-corrected chi connectivity index (χ1v) is 6.01. The first-order chi connectivity index (χ1) is 10.3. The minimum Gasteiger partial charge on any atom is -0.403 e. The number of aliphatic imine (C=N–C) groups is 1. The number of nitro groups is 2. The molecule has 0 saturated heterocycles. The molecule has 0 fully saturated rings. The van der Waals surface area contributed by atoms with Gasteiger partial charge in [-0.3, -0.25) is 14.9 Å². The fraction of sp³-hybridized carbons (Fsp3) is 0.273. The minimum atomic E-state index is -1.00. The van der Waals surface area contributed by atoms with E-state index in [0.29, 0.717) is 5.70 Å². The summed E-state index contributed by atoms with van der Waals surface area (Å²) in [6.07, 6.45) is 0. The van der Waals surface area contributed by atoms with E-state index in [1.165, 1.54) is 19.9 Å². The molecule has 2 heterocycles. The third-order valence-electron chi connectivity index (χ3n) is 2.88. The van der Waals surface area contributed by atoms with Crippen molar-refractivity contribution in [1.29, 1.82) is 0 Å². The Morgan fingerprint density at radius 3 is 2.59 bits per heavy atom. The number of Topliss-reactive ketones (excluding diaryl/α,β-unsaturated/α-hetero) is 1. The molecular formula is C11H11N5O6. The Balaban J connectivity index is 2.46. The molecule has 2 rings (SSSR count). The van der Waals surface area contributed by atoms with Crippen LogP contribution in [0.4, 0.5) is 5.88 Å². The number of guanidine groups is 1. The van der Waals surface area contributed by atoms with Gasteiger partial charge in [-0.1, -0.05) is 5.43 Å². The molecule has 1 aromatic rings. The second-order valence-corrected chi connectivity index (χ2v) is 4.40. The van der Waals surface area contributed by atoms with E-state index < -0.39 is 21.9 Å². The van der Waals surface area contributed by atoms with Gasteiger partial charge in [0.05, 0.1) is 6.07 Å². The molecule has 1 atom stereocenters. The van der Waals surface area contributed by atoms with E-state index in [-0.39, 0.29) is 23.1 Å². The maximum absolute atomic E-state index is 11.8. The number of hydrogen-bond donors (Lipinski definition) is 2. The second kappa shape index (κ2) is 5.63. The lowest BCUT2D eigenvalue weighted by Gasteiger charge is -2.22. The van der Waals surface area contributed by atoms with Crippen molar-refractivity contribution in [2.24, 2.45) is 4.99 Å². The van der Waals surface area contributed by atoms with Gasteiger partial charge in [0.1, 0.15) is 16.7 Å². The normalized spacial score (nSPS) is 17.5. The van der Waals surface area contributed by atoms with Crippen LogP contribution in [0.2, 0.25) is 0 Å². The molecule has 1 aromatic heterocycles. The quantitative estimate of drug-likeness (QED) is 0.612. The third kappa shape index (κ3) is 2.92. The van der Waals surface area contributed by atoms with Crippen LogP contribution < -0.4 is 10.7 Å². The summed E-state index contributed by atoms with van der Waals surface area (Å²) < 4.78 is 5.05. The highest BCUT2D eigenvalue weighted by Gasteiger charge is 2.31. The second-order valence-electron chi connectivity index (χ2n) is 4.40. The number of hydrogen-bond acceptors (Lipinski definition) is 8. The zero-order chi connectivity index (χ0) is 16.4. The SMILES string of the molecule is CC(=O)C1=C(C)NC(N[N+](=O)[O-])=N[C@@H]1c1ccc([N+](=O)[O-])o1. The van der Waals surface area contributed by atoms with Crippen LogP contribution >= 0.6 is 0 Å². The van der Waals surface area contributed by atoms with Gasteiger partial charge in [-0.25, -0.2) is 15.1 Å². The van der Waals surface area contributed by atoms with Crippen LogP contribution in [0.25, 0.3) is 0 Å². The molecule has 0 spiro atoms. The fourth-order valence-electron chi connectivity index (χ4n) is 2.07. The monoisotopic (exact) mass is 309 g/mol. The number of ketones is 1. The summed E-state index contributed by atoms with van der Waals surface area (Å²) in [5.41, 5.74) is 2.39. The highest BCUT2D eigenvalue weighted by Crippen LogP contribution is 2.33. The standard InChI is InChI=1S/C11H11N5O6/c1-5-9(6(2)17)10(13-11(12-5)14-16(20)21)7-3-4-8(22-7)15(18)19/h3-4,10H,1-2H3,(H2,12,13,14)/t10-/m1/s1. The molecule has 0 bridgehead atoms. The Morgan fingerprint density at radius 2 is 2.09 bits per heavy atom. The van der Waals surface area contributed by atoms with Crippen LogP contribution in [0.3, 0.4) is 0 Å². The average Bonchev–Trinajstić information content (AvgIpc) is 2.85. The maximum Gasteiger partial charge on any atom is 0.433 e. The van der Waals surface area contributed by atoms with Gasteiger partial charge in [0, 0.05) is 11.3 Å². The molecule has 0 radical (unpaired) electrons. The highest BCUT2D eigenvalue weighted by molar-refractivity contribution is 5.98. The molecule has 0 saturated carbocycles. The predicted molar refractivity (Wildman–Crippen MR) is 72.2 cm³/mol. The molecule has 1 aliphatic heterocycles. The van der Waals surface area contributed by atoms with Gasteiger partial charge in [0.25, 0.3) is 5.96 Å². The first kappa shape index (κ1) is 15.2. The minimum absolute atomic E-state index is 0.0420. The Morgan fingerprint density at radius 1 is 1.41 bits per heavy atom. The van der Waals surface area contributed by atoms with E-state index >= 15 is 0 Å². The van der Waals surface area contributed by atoms with Gasteiger partial charge in [-0.05, 0) is 19.9 Å². The first-order valence-electron chi connectivity index (χ1n) is 6.01. The van der Waals surface area contributed by atoms with Crippen molar-refractivity contribution < 1.29 is 19.2 Å². The van der Waals surface area contributed by atoms with Crippen LogP contribution in [-0.4, -0.2) is 21.7 Å². The van der Waals surface area contributed by atoms with Crippen LogP contribution in [0.1, 0.15) is 25.6 Å². The van der Waals surface area contributed by atoms with E-state index in [1.54, 1.807) is 0 Å². The van der Waals surface area contributed by atoms with Crippen LogP contribution in [-0.2, 0) is 4.79 Å². The molecule has 1 aliphatic rings. The molecular weight excluding hydrogens is 298 g/mol. The van der Waals surface area contributed by atoms with E-state index in [1.807, 2.05) is 5.43 Å². The van der Waals surface area contributed by atoms with Crippen LogP contribution in [0, 0.1) is 20.2 Å². The molecule has 2 N–H and O–H groups in total. The van der Waals surface area contributed by atoms with Gasteiger partial charge in [-0.15, -0.1) is 0 Å². The zero-order valence-electron chi connectivity index (χ0n) is 11.5. The van der Waals surface area contributed by atoms with Crippen molar-refractivity contribution in [3.63, 3.8) is 0 Å². The van der Waals surface area contributed by atoms with Gasteiger partial charge in [0.15, 0.2) is 10.8 Å². The molecule has 0 aromatic carbocycles. The average molecular weight is 309 g/mol. The smallest absolute Gasteiger partial charge is 0.403 e. The molecule has 0 unspecified atom stereocenters. The number of carbonyl (C=O) groups is 1. The lowest BCUT2D eigenvalue weighted by Crippen LogP contribution is -2.43. The summed E-state index contributed by atoms with van der Waals surface area (Å²) in [5, 5.41) is 22.9. The predicted octanol–water partition coefficient (Wildman–Crippen LogP) is 0.832. The molecule has 0 amide bonds. The van der Waals surface area contributed by atoms with Gasteiger partial charge >= 0.3 is 5.88 Å². The fourth-order valence-corrected chi connectivity index (χ4v) is 2.07. The van der Waals surface area contributed by atoms with Crippen molar-refractivity contribution in [3.8, 4) is 0 Å². The lowest BCUT2D eigenvalue weighted by atomic mass is 9.98. The topological polar surface area (TPSA) is 153 Å². The van der Waals surface area contributed by atoms with E-state index in [0.717, 1.165) is 6.07 Å². The van der Waals surface area contributed by atoms with Crippen molar-refractivity contribution in [2.45, 2.75) is 19.9 Å². The van der Waals surface area contributed by atoms with Gasteiger partial charge in [-0.2, -0.15) is 0 Å². The number of nitrogens with zero attached hydrogens (tertiary/aromatic N) is 3. The number of rotatable bonds is 4. The van der Waals surface area contributed by atoms with E-state index in [9.17, 15) is 25.0 Å².